The summed E-state index contributed by atoms with van der Waals surface area (Å²) >= 11 is 0. The van der Waals surface area contributed by atoms with E-state index in [2.05, 4.69) is 0 Å². The Morgan fingerprint density at radius 3 is 1.56 bits per heavy atom. The fourth-order valence-electron chi connectivity index (χ4n) is 2.71. The standard InChI is InChI=1S/C14H10O9S3.Ca.2H/c15-24(16,17)12-7-10-5-8-3-1-2-4-9(8)6-11(10)13(25(18,19)20)14(12)26(21,22)23;;;/h1-7H,(H,15,16,17)(H,18,19,20)(H,21,22,23);;;/q;+2;2*-1. The molecule has 3 rings (SSSR count). The van der Waals surface area contributed by atoms with Gasteiger partial charge in [0.1, 0.15) is 14.7 Å². The Balaban J connectivity index is 0.00000261. The summed E-state index contributed by atoms with van der Waals surface area (Å²) in [5.41, 5.74) is 0. The fraction of sp³-hybridized carbons (Fsp3) is 0. The first-order chi connectivity index (χ1) is 11.8. The molecule has 0 fully saturated rings. The van der Waals surface area contributed by atoms with Gasteiger partial charge in [-0.25, -0.2) is 0 Å². The maximum Gasteiger partial charge on any atom is 2.00 e. The van der Waals surface area contributed by atoms with E-state index >= 15 is 0 Å². The van der Waals surface area contributed by atoms with Gasteiger partial charge in [0.2, 0.25) is 0 Å². The van der Waals surface area contributed by atoms with Gasteiger partial charge in [-0.15, -0.1) is 0 Å². The summed E-state index contributed by atoms with van der Waals surface area (Å²) in [6.07, 6.45) is 0. The summed E-state index contributed by atoms with van der Waals surface area (Å²) in [5.74, 6) is 0. The Hall–Kier alpha value is -0.830. The van der Waals surface area contributed by atoms with Crippen LogP contribution in [0.4, 0.5) is 0 Å². The van der Waals surface area contributed by atoms with Crippen molar-refractivity contribution in [3.63, 3.8) is 0 Å². The zero-order valence-corrected chi connectivity index (χ0v) is 17.9. The molecule has 3 aromatic rings. The van der Waals surface area contributed by atoms with Crippen LogP contribution in [0.25, 0.3) is 21.5 Å². The van der Waals surface area contributed by atoms with Crippen LogP contribution in [0.1, 0.15) is 2.85 Å². The van der Waals surface area contributed by atoms with Crippen LogP contribution in [0.15, 0.2) is 57.2 Å². The second-order valence-corrected chi connectivity index (χ2v) is 9.49. The van der Waals surface area contributed by atoms with Crippen LogP contribution in [-0.2, 0) is 30.4 Å². The average molecular weight is 461 g/mol. The molecule has 0 aliphatic carbocycles. The summed E-state index contributed by atoms with van der Waals surface area (Å²) in [7, 11) is -16.0. The van der Waals surface area contributed by atoms with E-state index in [1.807, 2.05) is 0 Å². The summed E-state index contributed by atoms with van der Waals surface area (Å²) in [6, 6.07) is 9.76. The zero-order valence-electron chi connectivity index (χ0n) is 15.3. The number of benzene rings is 3. The molecule has 0 radical (unpaired) electrons. The van der Waals surface area contributed by atoms with Crippen molar-refractivity contribution in [3.05, 3.63) is 42.5 Å². The molecule has 0 aromatic heterocycles. The topological polar surface area (TPSA) is 163 Å². The van der Waals surface area contributed by atoms with E-state index in [0.29, 0.717) is 16.8 Å². The van der Waals surface area contributed by atoms with Crippen LogP contribution in [-0.4, -0.2) is 76.6 Å². The van der Waals surface area contributed by atoms with Crippen LogP contribution in [0, 0.1) is 0 Å². The first-order valence-electron chi connectivity index (χ1n) is 6.72. The van der Waals surface area contributed by atoms with E-state index in [9.17, 15) is 38.9 Å². The van der Waals surface area contributed by atoms with Gasteiger partial charge < -0.3 is 2.85 Å². The quantitative estimate of drug-likeness (QED) is 0.299. The van der Waals surface area contributed by atoms with Gasteiger partial charge in [0.25, 0.3) is 30.4 Å². The second-order valence-electron chi connectivity index (χ2n) is 5.38. The Labute approximate surface area is 187 Å². The molecule has 142 valence electrons. The molecule has 0 aliphatic rings. The molecule has 0 unspecified atom stereocenters. The number of fused-ring (bicyclic) bond motifs is 2. The molecule has 0 aliphatic heterocycles. The van der Waals surface area contributed by atoms with Gasteiger partial charge in [-0.2, -0.15) is 25.3 Å². The minimum atomic E-state index is -5.45. The van der Waals surface area contributed by atoms with Crippen LogP contribution >= 0.6 is 0 Å². The molecule has 27 heavy (non-hydrogen) atoms. The van der Waals surface area contributed by atoms with Gasteiger partial charge in [0.15, 0.2) is 0 Å². The van der Waals surface area contributed by atoms with Crippen LogP contribution in [0.2, 0.25) is 0 Å². The molecule has 3 aromatic carbocycles. The fourth-order valence-corrected chi connectivity index (χ4v) is 6.10. The van der Waals surface area contributed by atoms with Crippen molar-refractivity contribution in [2.45, 2.75) is 14.7 Å². The van der Waals surface area contributed by atoms with E-state index in [1.54, 1.807) is 24.3 Å². The van der Waals surface area contributed by atoms with E-state index in [1.165, 1.54) is 12.1 Å². The molecular weight excluding hydrogens is 448 g/mol. The first-order valence-corrected chi connectivity index (χ1v) is 11.0. The van der Waals surface area contributed by atoms with Crippen LogP contribution < -0.4 is 0 Å². The second kappa shape index (κ2) is 7.21. The molecular formula is C14H12CaO9S3. The monoisotopic (exact) mass is 460 g/mol. The van der Waals surface area contributed by atoms with Crippen LogP contribution in [0.5, 0.6) is 0 Å². The number of hydrogen-bond acceptors (Lipinski definition) is 6. The molecule has 0 bridgehead atoms. The van der Waals surface area contributed by atoms with Crippen molar-refractivity contribution >= 4 is 89.6 Å². The molecule has 0 amide bonds. The molecule has 0 spiro atoms. The Morgan fingerprint density at radius 2 is 1.11 bits per heavy atom. The number of rotatable bonds is 3. The molecule has 3 N–H and O–H groups in total. The zero-order chi connectivity index (χ0) is 19.5. The van der Waals surface area contributed by atoms with Gasteiger partial charge in [-0.1, -0.05) is 24.3 Å². The minimum Gasteiger partial charge on any atom is -1.00 e. The van der Waals surface area contributed by atoms with Crippen molar-refractivity contribution < 1.29 is 41.8 Å². The molecule has 0 saturated heterocycles. The SMILES string of the molecule is O=S(=O)(O)c1cc2cc3ccccc3cc2c(S(=O)(=O)O)c1S(=O)(=O)O.[Ca+2].[H-].[H-]. The third kappa shape index (κ3) is 4.28. The summed E-state index contributed by atoms with van der Waals surface area (Å²) in [4.78, 5) is -4.32. The Morgan fingerprint density at radius 1 is 0.630 bits per heavy atom. The minimum absolute atomic E-state index is 0. The van der Waals surface area contributed by atoms with Gasteiger partial charge in [0, 0.05) is 5.39 Å². The third-order valence-corrected chi connectivity index (χ3v) is 6.69. The molecule has 9 nitrogen and oxygen atoms in total. The maximum absolute atomic E-state index is 11.8. The van der Waals surface area contributed by atoms with E-state index < -0.39 is 45.0 Å². The van der Waals surface area contributed by atoms with Gasteiger partial charge in [-0.3, -0.25) is 13.7 Å². The van der Waals surface area contributed by atoms with E-state index in [4.69, 9.17) is 0 Å². The third-order valence-electron chi connectivity index (χ3n) is 3.67. The van der Waals surface area contributed by atoms with Gasteiger partial charge in [0.05, 0.1) is 0 Å². The van der Waals surface area contributed by atoms with Crippen molar-refractivity contribution in [2.75, 3.05) is 0 Å². The Bertz CT molecular complexity index is 1400. The van der Waals surface area contributed by atoms with E-state index in [0.717, 1.165) is 0 Å². The van der Waals surface area contributed by atoms with Crippen molar-refractivity contribution in [3.8, 4) is 0 Å². The average Bonchev–Trinajstić information content (AvgIpc) is 2.48. The normalized spacial score (nSPS) is 12.9. The maximum atomic E-state index is 11.8. The molecule has 0 heterocycles. The van der Waals surface area contributed by atoms with Crippen LogP contribution in [0.3, 0.4) is 0 Å². The molecule has 13 heteroatoms. The summed E-state index contributed by atoms with van der Waals surface area (Å²) < 4.78 is 98.4. The van der Waals surface area contributed by atoms with E-state index in [-0.39, 0.29) is 51.4 Å². The predicted octanol–water partition coefficient (Wildman–Crippen LogP) is 1.58. The summed E-state index contributed by atoms with van der Waals surface area (Å²) in [6.45, 7) is 0. The Kier molecular flexibility index (Phi) is 5.99. The van der Waals surface area contributed by atoms with Crippen molar-refractivity contribution in [1.82, 2.24) is 0 Å². The first kappa shape index (κ1) is 22.5. The van der Waals surface area contributed by atoms with Crippen molar-refractivity contribution in [1.29, 1.82) is 0 Å². The number of hydrogen-bond donors (Lipinski definition) is 3. The molecule has 0 atom stereocenters. The van der Waals surface area contributed by atoms with Gasteiger partial charge in [-0.05, 0) is 34.4 Å². The predicted molar refractivity (Wildman–Crippen MR) is 98.9 cm³/mol. The largest absolute Gasteiger partial charge is 2.00 e. The molecule has 0 saturated carbocycles. The van der Waals surface area contributed by atoms with Gasteiger partial charge >= 0.3 is 37.7 Å². The smallest absolute Gasteiger partial charge is 1.00 e. The summed E-state index contributed by atoms with van der Waals surface area (Å²) in [5, 5.41) is 0.593. The van der Waals surface area contributed by atoms with Crippen molar-refractivity contribution in [2.24, 2.45) is 0 Å².